The van der Waals surface area contributed by atoms with Crippen LogP contribution in [0.25, 0.3) is 0 Å². The van der Waals surface area contributed by atoms with Gasteiger partial charge in [0.05, 0.1) is 25.4 Å². The van der Waals surface area contributed by atoms with E-state index in [0.29, 0.717) is 12.3 Å². The molecular weight excluding hydrogens is 419 g/mol. The molecule has 0 radical (unpaired) electrons. The van der Waals surface area contributed by atoms with Gasteiger partial charge in [0.25, 0.3) is 17.8 Å². The van der Waals surface area contributed by atoms with Crippen LogP contribution in [-0.4, -0.2) is 36.5 Å². The number of halogens is 9. The fraction of sp³-hybridized carbons (Fsp3) is 0.833. The Kier molecular flexibility index (Phi) is 6.89. The molecule has 0 aliphatic heterocycles. The summed E-state index contributed by atoms with van der Waals surface area (Å²) in [4.78, 5) is 11.9. The molecule has 2 nitrogen and oxygen atoms in total. The largest absolute Gasteiger partial charge is 0.465 e. The highest BCUT2D eigenvalue weighted by molar-refractivity contribution is 5.74. The molecule has 3 atom stereocenters. The lowest BCUT2D eigenvalue weighted by Crippen LogP contribution is -2.37. The zero-order valence-electron chi connectivity index (χ0n) is 15.3. The monoisotopic (exact) mass is 440 g/mol. The van der Waals surface area contributed by atoms with E-state index in [0.717, 1.165) is 6.42 Å². The summed E-state index contributed by atoms with van der Waals surface area (Å²) in [6, 6.07) is 0. The maximum absolute atomic E-state index is 13.7. The van der Waals surface area contributed by atoms with Crippen molar-refractivity contribution in [2.45, 2.75) is 68.9 Å². The van der Waals surface area contributed by atoms with E-state index in [-0.39, 0.29) is 11.8 Å². The number of esters is 1. The van der Waals surface area contributed by atoms with Crippen LogP contribution in [0.5, 0.6) is 0 Å². The van der Waals surface area contributed by atoms with Crippen LogP contribution in [0.3, 0.4) is 0 Å². The van der Waals surface area contributed by atoms with Crippen LogP contribution in [-0.2, 0) is 9.53 Å². The van der Waals surface area contributed by atoms with Crippen molar-refractivity contribution in [3.8, 4) is 0 Å². The van der Waals surface area contributed by atoms with Gasteiger partial charge in [-0.05, 0) is 31.1 Å². The number of hydrogen-bond donors (Lipinski definition) is 0. The summed E-state index contributed by atoms with van der Waals surface area (Å²) in [5.74, 6) is -14.2. The first-order chi connectivity index (χ1) is 13.1. The Labute approximate surface area is 161 Å². The first kappa shape index (κ1) is 23.9. The summed E-state index contributed by atoms with van der Waals surface area (Å²) in [6.45, 7) is -0.443. The van der Waals surface area contributed by atoms with Gasteiger partial charge in [-0.25, -0.2) is 26.3 Å². The molecule has 2 aliphatic carbocycles. The topological polar surface area (TPSA) is 26.3 Å². The van der Waals surface area contributed by atoms with E-state index in [1.807, 2.05) is 12.2 Å². The van der Waals surface area contributed by atoms with E-state index in [1.54, 1.807) is 0 Å². The van der Waals surface area contributed by atoms with Crippen molar-refractivity contribution in [3.05, 3.63) is 12.2 Å². The summed E-state index contributed by atoms with van der Waals surface area (Å²) >= 11 is 0. The smallest absolute Gasteiger partial charge is 0.394 e. The van der Waals surface area contributed by atoms with Gasteiger partial charge in [-0.3, -0.25) is 4.79 Å². The van der Waals surface area contributed by atoms with Gasteiger partial charge in [0.1, 0.15) is 6.42 Å². The molecule has 2 bridgehead atoms. The molecule has 0 N–H and O–H groups in total. The van der Waals surface area contributed by atoms with Crippen LogP contribution in [0, 0.1) is 17.8 Å². The molecule has 0 aromatic heterocycles. The number of fused-ring (bicyclic) bond motifs is 2. The van der Waals surface area contributed by atoms with Crippen molar-refractivity contribution in [3.63, 3.8) is 0 Å². The molecule has 29 heavy (non-hydrogen) atoms. The summed E-state index contributed by atoms with van der Waals surface area (Å²) in [5, 5.41) is 0. The molecule has 0 aromatic carbocycles. The Bertz CT molecular complexity index is 613. The molecule has 1 saturated carbocycles. The van der Waals surface area contributed by atoms with E-state index >= 15 is 0 Å². The number of carbonyl (C=O) groups is 1. The third-order valence-corrected chi connectivity index (χ3v) is 5.01. The highest BCUT2D eigenvalue weighted by atomic mass is 19.4. The molecule has 0 heterocycles. The minimum Gasteiger partial charge on any atom is -0.465 e. The fourth-order valence-electron chi connectivity index (χ4n) is 3.93. The molecule has 0 amide bonds. The molecule has 168 valence electrons. The Morgan fingerprint density at radius 1 is 0.828 bits per heavy atom. The Morgan fingerprint density at radius 3 is 1.93 bits per heavy atom. The molecule has 1 fully saturated rings. The number of ether oxygens (including phenoxy) is 1. The Morgan fingerprint density at radius 2 is 1.41 bits per heavy atom. The molecular formula is C18H21F9O2. The predicted molar refractivity (Wildman–Crippen MR) is 83.8 cm³/mol. The van der Waals surface area contributed by atoms with E-state index in [1.165, 1.54) is 0 Å². The van der Waals surface area contributed by atoms with Crippen LogP contribution < -0.4 is 0 Å². The molecule has 11 heteroatoms. The number of alkyl halides is 9. The fourth-order valence-corrected chi connectivity index (χ4v) is 3.93. The molecule has 0 spiro atoms. The van der Waals surface area contributed by atoms with E-state index in [2.05, 4.69) is 0 Å². The van der Waals surface area contributed by atoms with Gasteiger partial charge in [0.2, 0.25) is 0 Å². The summed E-state index contributed by atoms with van der Waals surface area (Å²) in [6.07, 6.45) is -9.48. The predicted octanol–water partition coefficient (Wildman–Crippen LogP) is 6.16. The van der Waals surface area contributed by atoms with Gasteiger partial charge in [-0.15, -0.1) is 0 Å². The minimum atomic E-state index is -5.40. The molecule has 2 rings (SSSR count). The lowest BCUT2D eigenvalue weighted by atomic mass is 9.94. The van der Waals surface area contributed by atoms with Crippen molar-refractivity contribution in [2.24, 2.45) is 17.8 Å². The van der Waals surface area contributed by atoms with Crippen LogP contribution in [0.4, 0.5) is 39.5 Å². The van der Waals surface area contributed by atoms with Crippen molar-refractivity contribution < 1.29 is 49.0 Å². The Hall–Kier alpha value is -1.42. The summed E-state index contributed by atoms with van der Waals surface area (Å²) < 4.78 is 121. The van der Waals surface area contributed by atoms with Crippen LogP contribution in [0.1, 0.15) is 44.9 Å². The van der Waals surface area contributed by atoms with E-state index in [4.69, 9.17) is 4.74 Å². The minimum absolute atomic E-state index is 0.0472. The lowest BCUT2D eigenvalue weighted by Gasteiger charge is -2.27. The van der Waals surface area contributed by atoms with Gasteiger partial charge >= 0.3 is 12.1 Å². The second-order valence-electron chi connectivity index (χ2n) is 7.87. The molecule has 2 aliphatic rings. The number of rotatable bonds is 10. The van der Waals surface area contributed by atoms with Crippen molar-refractivity contribution >= 4 is 5.97 Å². The maximum atomic E-state index is 13.7. The molecule has 0 saturated heterocycles. The van der Waals surface area contributed by atoms with Crippen LogP contribution in [0.2, 0.25) is 0 Å². The SMILES string of the molecule is O=C(OCCCC(F)(F)CC(F)(F)CC(F)(F)CC(F)(F)F)C1CC2C=CC1C2. The van der Waals surface area contributed by atoms with Gasteiger partial charge < -0.3 is 4.74 Å². The average molecular weight is 440 g/mol. The first-order valence-corrected chi connectivity index (χ1v) is 9.13. The maximum Gasteiger partial charge on any atom is 0.394 e. The normalized spacial score (nSPS) is 24.9. The first-order valence-electron chi connectivity index (χ1n) is 9.13. The second-order valence-corrected chi connectivity index (χ2v) is 7.87. The Balaban J connectivity index is 1.74. The van der Waals surface area contributed by atoms with Crippen molar-refractivity contribution in [2.75, 3.05) is 6.61 Å². The summed E-state index contributed by atoms with van der Waals surface area (Å²) in [5.41, 5.74) is 0. The van der Waals surface area contributed by atoms with Gasteiger partial charge in [-0.1, -0.05) is 12.2 Å². The quantitative estimate of drug-likeness (QED) is 0.176. The highest BCUT2D eigenvalue weighted by Gasteiger charge is 2.53. The van der Waals surface area contributed by atoms with Crippen LogP contribution in [0.15, 0.2) is 12.2 Å². The van der Waals surface area contributed by atoms with E-state index in [9.17, 15) is 44.3 Å². The third-order valence-electron chi connectivity index (χ3n) is 5.01. The van der Waals surface area contributed by atoms with Gasteiger partial charge in [-0.2, -0.15) is 13.2 Å². The standard InChI is InChI=1S/C18H21F9O2/c19-15(20,8-16(21,22)9-17(23,24)10-18(25,26)27)4-1-5-29-14(28)13-7-11-2-3-12(13)6-11/h2-3,11-13H,1,4-10H2. The van der Waals surface area contributed by atoms with Crippen molar-refractivity contribution in [1.29, 1.82) is 0 Å². The zero-order chi connectivity index (χ0) is 22.1. The molecule has 3 unspecified atom stereocenters. The summed E-state index contributed by atoms with van der Waals surface area (Å²) in [7, 11) is 0. The number of hydrogen-bond acceptors (Lipinski definition) is 2. The third kappa shape index (κ3) is 7.73. The van der Waals surface area contributed by atoms with Gasteiger partial charge in [0, 0.05) is 6.42 Å². The van der Waals surface area contributed by atoms with Gasteiger partial charge in [0.15, 0.2) is 0 Å². The number of allylic oxidation sites excluding steroid dienone is 2. The highest BCUT2D eigenvalue weighted by Crippen LogP contribution is 2.45. The van der Waals surface area contributed by atoms with Crippen molar-refractivity contribution in [1.82, 2.24) is 0 Å². The average Bonchev–Trinajstić information content (AvgIpc) is 3.09. The van der Waals surface area contributed by atoms with E-state index < -0.39 is 68.6 Å². The second kappa shape index (κ2) is 8.37. The zero-order valence-corrected chi connectivity index (χ0v) is 15.3. The number of carbonyl (C=O) groups excluding carboxylic acids is 1. The molecule has 0 aromatic rings. The van der Waals surface area contributed by atoms with Crippen LogP contribution >= 0.6 is 0 Å². The lowest BCUT2D eigenvalue weighted by molar-refractivity contribution is -0.214.